The monoisotopic (exact) mass is 482 g/mol. The number of aliphatic hydroxyl groups excluding tert-OH is 2. The molecule has 182 valence electrons. The maximum atomic E-state index is 11.4. The molecule has 0 aliphatic rings. The van der Waals surface area contributed by atoms with Crippen molar-refractivity contribution in [3.05, 3.63) is 59.7 Å². The third kappa shape index (κ3) is 4.62. The van der Waals surface area contributed by atoms with Crippen molar-refractivity contribution in [2.24, 2.45) is 0 Å². The summed E-state index contributed by atoms with van der Waals surface area (Å²) in [7, 11) is 0. The van der Waals surface area contributed by atoms with E-state index in [0.717, 1.165) is 12.8 Å². The first-order chi connectivity index (χ1) is 17.5. The molecule has 0 radical (unpaired) electrons. The molecular weight excluding hydrogens is 456 g/mol. The predicted octanol–water partition coefficient (Wildman–Crippen LogP) is 6.01. The molecular formula is C30H26O6. The first-order valence-electron chi connectivity index (χ1n) is 11.7. The van der Waals surface area contributed by atoms with Crippen LogP contribution in [0.3, 0.4) is 0 Å². The van der Waals surface area contributed by atoms with Gasteiger partial charge in [-0.3, -0.25) is 0 Å². The van der Waals surface area contributed by atoms with Gasteiger partial charge in [0.05, 0.1) is 13.2 Å². The lowest BCUT2D eigenvalue weighted by molar-refractivity contribution is 0.299. The van der Waals surface area contributed by atoms with E-state index in [9.17, 15) is 10.2 Å². The average molecular weight is 483 g/mol. The number of ether oxygens (including phenoxy) is 2. The molecule has 0 aromatic heterocycles. The van der Waals surface area contributed by atoms with Crippen molar-refractivity contribution in [2.75, 3.05) is 13.2 Å². The van der Waals surface area contributed by atoms with Gasteiger partial charge in [0.1, 0.15) is 12.2 Å². The molecule has 0 saturated carbocycles. The van der Waals surface area contributed by atoms with Gasteiger partial charge in [0.25, 0.3) is 0 Å². The highest BCUT2D eigenvalue weighted by Crippen LogP contribution is 2.51. The molecule has 0 aliphatic carbocycles. The molecule has 0 spiro atoms. The Labute approximate surface area is 209 Å². The maximum absolute atomic E-state index is 11.4. The third-order valence-electron chi connectivity index (χ3n) is 5.73. The molecule has 6 nitrogen and oxygen atoms in total. The van der Waals surface area contributed by atoms with Gasteiger partial charge >= 0.3 is 0 Å². The maximum Gasteiger partial charge on any atom is 0.166 e. The zero-order valence-corrected chi connectivity index (χ0v) is 20.1. The molecule has 4 aromatic carbocycles. The Balaban J connectivity index is 2.13. The van der Waals surface area contributed by atoms with Crippen molar-refractivity contribution in [3.63, 3.8) is 0 Å². The topological polar surface area (TPSA) is 99.4 Å². The molecule has 0 fully saturated rings. The van der Waals surface area contributed by atoms with Crippen molar-refractivity contribution >= 4 is 21.5 Å². The molecule has 4 N–H and O–H groups in total. The van der Waals surface area contributed by atoms with Gasteiger partial charge < -0.3 is 29.9 Å². The van der Waals surface area contributed by atoms with E-state index < -0.39 is 0 Å². The number of hydrogen-bond acceptors (Lipinski definition) is 6. The fraction of sp³-hybridized carbons (Fsp3) is 0.200. The number of phenolic OH excluding ortho intramolecular Hbond substituents is 2. The zero-order chi connectivity index (χ0) is 25.7. The minimum atomic E-state index is -0.111. The minimum absolute atomic E-state index is 0.111. The highest BCUT2D eigenvalue weighted by molar-refractivity contribution is 6.11. The molecule has 0 atom stereocenters. The normalized spacial score (nSPS) is 10.4. The lowest BCUT2D eigenvalue weighted by Crippen LogP contribution is -1.99. The summed E-state index contributed by atoms with van der Waals surface area (Å²) in [6, 6.07) is 14.0. The van der Waals surface area contributed by atoms with Crippen molar-refractivity contribution in [1.82, 2.24) is 0 Å². The van der Waals surface area contributed by atoms with Crippen molar-refractivity contribution < 1.29 is 29.9 Å². The standard InChI is InChI=1S/C30H26O6/c1-3-13-35-25-17-21-15-19(9-11-31)5-7-23(21)27(29(25)33)28-24-8-6-20(10-12-32)16-22(24)18-26(30(28)34)36-14-4-2/h5-8,15-18,31-34H,3-4,13-14H2,1-2H3. The molecule has 0 bridgehead atoms. The molecule has 6 heteroatoms. The van der Waals surface area contributed by atoms with Gasteiger partial charge in [-0.05, 0) is 82.6 Å². The summed E-state index contributed by atoms with van der Waals surface area (Å²) in [6.45, 7) is 4.72. The highest BCUT2D eigenvalue weighted by atomic mass is 16.5. The summed E-state index contributed by atoms with van der Waals surface area (Å²) in [5, 5.41) is 43.7. The molecule has 0 unspecified atom stereocenters. The Morgan fingerprint density at radius 1 is 0.639 bits per heavy atom. The van der Waals surface area contributed by atoms with Gasteiger partial charge in [0.15, 0.2) is 23.0 Å². The quantitative estimate of drug-likeness (QED) is 0.241. The van der Waals surface area contributed by atoms with Gasteiger partial charge in [-0.1, -0.05) is 26.0 Å². The van der Waals surface area contributed by atoms with E-state index in [2.05, 4.69) is 11.8 Å². The van der Waals surface area contributed by atoms with Crippen LogP contribution in [0.1, 0.15) is 37.8 Å². The first kappa shape index (κ1) is 24.4. The summed E-state index contributed by atoms with van der Waals surface area (Å²) < 4.78 is 11.7. The van der Waals surface area contributed by atoms with E-state index in [4.69, 9.17) is 19.7 Å². The number of rotatable bonds is 7. The van der Waals surface area contributed by atoms with E-state index >= 15 is 0 Å². The molecule has 4 rings (SSSR count). The number of phenols is 2. The van der Waals surface area contributed by atoms with Crippen LogP contribution in [0.5, 0.6) is 23.0 Å². The fourth-order valence-corrected chi connectivity index (χ4v) is 4.18. The largest absolute Gasteiger partial charge is 0.504 e. The van der Waals surface area contributed by atoms with Crippen molar-refractivity contribution in [3.8, 4) is 58.2 Å². The van der Waals surface area contributed by atoms with Crippen LogP contribution < -0.4 is 9.47 Å². The second-order valence-corrected chi connectivity index (χ2v) is 8.24. The second kappa shape index (κ2) is 10.7. The van der Waals surface area contributed by atoms with Crippen LogP contribution >= 0.6 is 0 Å². The Hall–Kier alpha value is -4.68. The van der Waals surface area contributed by atoms with Crippen LogP contribution in [-0.4, -0.2) is 33.6 Å². The fourth-order valence-electron chi connectivity index (χ4n) is 4.18. The Bertz CT molecular complexity index is 1440. The van der Waals surface area contributed by atoms with Crippen LogP contribution in [0.25, 0.3) is 32.7 Å². The Kier molecular flexibility index (Phi) is 7.28. The molecule has 0 heterocycles. The number of aromatic hydroxyl groups is 2. The van der Waals surface area contributed by atoms with Gasteiger partial charge in [-0.2, -0.15) is 0 Å². The second-order valence-electron chi connectivity index (χ2n) is 8.24. The van der Waals surface area contributed by atoms with Crippen LogP contribution in [0.15, 0.2) is 48.5 Å². The van der Waals surface area contributed by atoms with E-state index in [1.54, 1.807) is 48.5 Å². The Morgan fingerprint density at radius 3 is 1.42 bits per heavy atom. The molecule has 0 amide bonds. The average Bonchev–Trinajstić information content (AvgIpc) is 2.87. The molecule has 0 saturated heterocycles. The van der Waals surface area contributed by atoms with E-state index in [-0.39, 0.29) is 23.0 Å². The number of aliphatic hydroxyl groups is 2. The molecule has 36 heavy (non-hydrogen) atoms. The minimum Gasteiger partial charge on any atom is -0.504 e. The SMILES string of the molecule is CCCOc1cc2cc(C#CO)ccc2c(-c2c(O)c(OCCC)cc3cc(C#CO)ccc23)c1O. The van der Waals surface area contributed by atoms with Gasteiger partial charge in [0.2, 0.25) is 0 Å². The van der Waals surface area contributed by atoms with E-state index in [1.807, 2.05) is 26.1 Å². The third-order valence-corrected chi connectivity index (χ3v) is 5.73. The van der Waals surface area contributed by atoms with Crippen LogP contribution in [0.4, 0.5) is 0 Å². The molecule has 0 aliphatic heterocycles. The number of fused-ring (bicyclic) bond motifs is 2. The van der Waals surface area contributed by atoms with E-state index in [1.165, 1.54) is 0 Å². The summed E-state index contributed by atoms with van der Waals surface area (Å²) in [5.41, 5.74) is 1.94. The molecule has 4 aromatic rings. The van der Waals surface area contributed by atoms with Gasteiger partial charge in [-0.25, -0.2) is 0 Å². The summed E-state index contributed by atoms with van der Waals surface area (Å²) >= 11 is 0. The van der Waals surface area contributed by atoms with Crippen LogP contribution in [0, 0.1) is 24.1 Å². The number of hydrogen-bond donors (Lipinski definition) is 4. The Morgan fingerprint density at radius 2 is 1.06 bits per heavy atom. The van der Waals surface area contributed by atoms with Crippen LogP contribution in [0.2, 0.25) is 0 Å². The first-order valence-corrected chi connectivity index (χ1v) is 11.7. The highest BCUT2D eigenvalue weighted by Gasteiger charge is 2.23. The van der Waals surface area contributed by atoms with Gasteiger partial charge in [0, 0.05) is 22.3 Å². The summed E-state index contributed by atoms with van der Waals surface area (Å²) in [6.07, 6.45) is 5.31. The predicted molar refractivity (Wildman–Crippen MR) is 139 cm³/mol. The number of benzene rings is 4. The lowest BCUT2D eigenvalue weighted by Gasteiger charge is -2.19. The summed E-state index contributed by atoms with van der Waals surface area (Å²) in [5.74, 6) is 5.57. The lowest BCUT2D eigenvalue weighted by atomic mass is 9.90. The van der Waals surface area contributed by atoms with Crippen molar-refractivity contribution in [1.29, 1.82) is 0 Å². The van der Waals surface area contributed by atoms with E-state index in [0.29, 0.717) is 57.0 Å². The zero-order valence-electron chi connectivity index (χ0n) is 20.1. The van der Waals surface area contributed by atoms with Crippen molar-refractivity contribution in [2.45, 2.75) is 26.7 Å². The smallest absolute Gasteiger partial charge is 0.166 e. The van der Waals surface area contributed by atoms with Gasteiger partial charge in [-0.15, -0.1) is 0 Å². The van der Waals surface area contributed by atoms with Crippen LogP contribution in [-0.2, 0) is 0 Å². The summed E-state index contributed by atoms with van der Waals surface area (Å²) in [4.78, 5) is 0.